The van der Waals surface area contributed by atoms with Crippen molar-refractivity contribution < 1.29 is 37.0 Å². The van der Waals surface area contributed by atoms with Crippen LogP contribution in [0.4, 0.5) is 5.69 Å². The first kappa shape index (κ1) is 40.5. The summed E-state index contributed by atoms with van der Waals surface area (Å²) in [4.78, 5) is 28.6. The summed E-state index contributed by atoms with van der Waals surface area (Å²) in [6, 6.07) is 10.7. The zero-order chi connectivity index (χ0) is 38.8. The van der Waals surface area contributed by atoms with Crippen LogP contribution in [0.1, 0.15) is 71.4 Å². The zero-order valence-corrected chi connectivity index (χ0v) is 33.1. The zero-order valence-electron chi connectivity index (χ0n) is 31.5. The molecule has 288 valence electrons. The normalized spacial score (nSPS) is 22.5. The number of fused-ring (bicyclic) bond motifs is 3. The molecule has 1 saturated carbocycles. The Morgan fingerprint density at radius 2 is 1.72 bits per heavy atom. The summed E-state index contributed by atoms with van der Waals surface area (Å²) in [7, 11) is -4.31. The van der Waals surface area contributed by atoms with Gasteiger partial charge in [0.1, 0.15) is 17.0 Å². The number of ether oxygens (including phenoxy) is 4. The number of aryl methyl sites for hydroxylation is 1. The van der Waals surface area contributed by atoms with Crippen LogP contribution >= 0.6 is 11.6 Å². The number of rotatable bonds is 15. The number of hydrogen-bond acceptors (Lipinski definition) is 9. The van der Waals surface area contributed by atoms with E-state index in [0.717, 1.165) is 32.1 Å². The number of carbonyl (C=O) groups is 2. The van der Waals surface area contributed by atoms with Crippen molar-refractivity contribution in [2.24, 2.45) is 11.8 Å². The molecule has 5 rings (SSSR count). The van der Waals surface area contributed by atoms with E-state index >= 15 is 0 Å². The fourth-order valence-electron chi connectivity index (χ4n) is 7.64. The Morgan fingerprint density at radius 1 is 1.02 bits per heavy atom. The summed E-state index contributed by atoms with van der Waals surface area (Å²) >= 11 is 6.45. The molecular formula is C41H53ClN2O8S. The average Bonchev–Trinajstić information content (AvgIpc) is 3.24. The standard InChI is InChI=1S/C41H53ClN2O8S/c1-9-21-50-38(4,5)36(45)43-53(47,48)31-16-19-35-34(24-31)44(26-41(27-49-35)20-12-13-28-23-30(42)15-18-33(28)41)25-29-14-17-32(29)40(8,11-3)52-37(46)39(6,7)51-22-10-2/h9-11,15-16,18-19,23-24,29,32H,1-3,12-14,17,20-22,25-27H2,4-8H3,(H,43,45)/t29-,32+,40?,41-/m0/s1. The van der Waals surface area contributed by atoms with Crippen LogP contribution < -0.4 is 14.4 Å². The second-order valence-electron chi connectivity index (χ2n) is 15.6. The number of esters is 1. The molecule has 53 heavy (non-hydrogen) atoms. The highest BCUT2D eigenvalue weighted by Crippen LogP contribution is 2.49. The highest BCUT2D eigenvalue weighted by atomic mass is 35.5. The van der Waals surface area contributed by atoms with Crippen molar-refractivity contribution in [3.8, 4) is 5.75 Å². The number of amides is 1. The lowest BCUT2D eigenvalue weighted by molar-refractivity contribution is -0.186. The first-order valence-electron chi connectivity index (χ1n) is 18.1. The van der Waals surface area contributed by atoms with Crippen LogP contribution in [0.25, 0.3) is 0 Å². The molecule has 2 aromatic rings. The maximum absolute atomic E-state index is 13.7. The van der Waals surface area contributed by atoms with Crippen LogP contribution in [-0.4, -0.2) is 70.0 Å². The van der Waals surface area contributed by atoms with E-state index in [4.69, 9.17) is 30.5 Å². The van der Waals surface area contributed by atoms with Crippen molar-refractivity contribution in [1.29, 1.82) is 0 Å². The van der Waals surface area contributed by atoms with E-state index in [0.29, 0.717) is 36.2 Å². The Morgan fingerprint density at radius 3 is 2.36 bits per heavy atom. The fourth-order valence-corrected chi connectivity index (χ4v) is 8.96. The van der Waals surface area contributed by atoms with Crippen molar-refractivity contribution in [3.63, 3.8) is 0 Å². The van der Waals surface area contributed by atoms with Gasteiger partial charge in [-0.1, -0.05) is 36.4 Å². The number of anilines is 1. The summed E-state index contributed by atoms with van der Waals surface area (Å²) in [5.74, 6) is -0.760. The van der Waals surface area contributed by atoms with Gasteiger partial charge in [0.25, 0.3) is 15.9 Å². The van der Waals surface area contributed by atoms with Crippen molar-refractivity contribution in [1.82, 2.24) is 4.72 Å². The predicted molar refractivity (Wildman–Crippen MR) is 207 cm³/mol. The molecule has 1 spiro atoms. The van der Waals surface area contributed by atoms with Crippen molar-refractivity contribution in [3.05, 3.63) is 90.5 Å². The van der Waals surface area contributed by atoms with Gasteiger partial charge in [-0.3, -0.25) is 4.79 Å². The second kappa shape index (κ2) is 15.6. The average molecular weight is 769 g/mol. The highest BCUT2D eigenvalue weighted by molar-refractivity contribution is 7.90. The van der Waals surface area contributed by atoms with E-state index in [1.54, 1.807) is 38.1 Å². The van der Waals surface area contributed by atoms with Crippen LogP contribution in [0.3, 0.4) is 0 Å². The minimum Gasteiger partial charge on any atom is -0.490 e. The maximum atomic E-state index is 13.7. The largest absolute Gasteiger partial charge is 0.490 e. The Hall–Kier alpha value is -3.64. The first-order chi connectivity index (χ1) is 24.9. The molecule has 10 nitrogen and oxygen atoms in total. The molecule has 0 bridgehead atoms. The molecule has 1 unspecified atom stereocenters. The molecule has 0 radical (unpaired) electrons. The number of hydrogen-bond donors (Lipinski definition) is 1. The smallest absolute Gasteiger partial charge is 0.338 e. The lowest BCUT2D eigenvalue weighted by Crippen LogP contribution is -2.54. The summed E-state index contributed by atoms with van der Waals surface area (Å²) in [6.45, 7) is 21.3. The molecule has 0 saturated heterocycles. The van der Waals surface area contributed by atoms with E-state index in [2.05, 4.69) is 35.4 Å². The SMILES string of the molecule is C=CCOC(C)(C)C(=O)NS(=O)(=O)c1ccc2c(c1)N(C[C@@H]1CC[C@H]1C(C)(C=C)OC(=O)C(C)(C)OCC=C)C[C@@]1(CCCc3cc(Cl)ccc31)CO2. The molecule has 3 aliphatic rings. The number of sulfonamides is 1. The van der Waals surface area contributed by atoms with Gasteiger partial charge in [0.15, 0.2) is 5.60 Å². The van der Waals surface area contributed by atoms with Crippen LogP contribution in [0, 0.1) is 11.8 Å². The van der Waals surface area contributed by atoms with Gasteiger partial charge in [-0.05, 0) is 120 Å². The third-order valence-corrected chi connectivity index (χ3v) is 12.6. The molecule has 0 aromatic heterocycles. The molecule has 2 aliphatic carbocycles. The van der Waals surface area contributed by atoms with E-state index in [-0.39, 0.29) is 29.9 Å². The Labute approximate surface area is 319 Å². The van der Waals surface area contributed by atoms with Gasteiger partial charge in [-0.2, -0.15) is 0 Å². The maximum Gasteiger partial charge on any atom is 0.338 e. The number of nitrogens with one attached hydrogen (secondary N) is 1. The Kier molecular flexibility index (Phi) is 11.9. The number of nitrogens with zero attached hydrogens (tertiary/aromatic N) is 1. The van der Waals surface area contributed by atoms with Crippen molar-refractivity contribution >= 4 is 39.2 Å². The third kappa shape index (κ3) is 8.53. The van der Waals surface area contributed by atoms with Gasteiger partial charge in [-0.25, -0.2) is 17.9 Å². The van der Waals surface area contributed by atoms with Gasteiger partial charge in [0.2, 0.25) is 0 Å². The molecule has 1 heterocycles. The Bertz CT molecular complexity index is 1860. The minimum atomic E-state index is -4.31. The van der Waals surface area contributed by atoms with E-state index in [1.165, 1.54) is 37.1 Å². The van der Waals surface area contributed by atoms with Gasteiger partial charge in [0.05, 0.1) is 30.4 Å². The van der Waals surface area contributed by atoms with Crippen molar-refractivity contribution in [2.75, 3.05) is 37.8 Å². The summed E-state index contributed by atoms with van der Waals surface area (Å²) < 4.78 is 53.7. The van der Waals surface area contributed by atoms with Crippen LogP contribution in [0.15, 0.2) is 79.3 Å². The molecule has 1 fully saturated rings. The predicted octanol–water partition coefficient (Wildman–Crippen LogP) is 7.09. The van der Waals surface area contributed by atoms with Gasteiger partial charge >= 0.3 is 5.97 Å². The minimum absolute atomic E-state index is 0.0575. The van der Waals surface area contributed by atoms with Gasteiger partial charge in [0, 0.05) is 29.4 Å². The van der Waals surface area contributed by atoms with E-state index in [1.807, 2.05) is 19.1 Å². The topological polar surface area (TPSA) is 120 Å². The Balaban J connectivity index is 1.50. The van der Waals surface area contributed by atoms with Crippen molar-refractivity contribution in [2.45, 2.75) is 93.8 Å². The highest BCUT2D eigenvalue weighted by Gasteiger charge is 2.50. The molecule has 4 atom stereocenters. The molecule has 2 aromatic carbocycles. The summed E-state index contributed by atoms with van der Waals surface area (Å²) in [5, 5.41) is 0.680. The third-order valence-electron chi connectivity index (χ3n) is 11.0. The molecule has 1 amide bonds. The van der Waals surface area contributed by atoms with E-state index < -0.39 is 44.1 Å². The molecule has 1 aliphatic heterocycles. The number of benzene rings is 2. The fraction of sp³-hybridized carbons (Fsp3) is 0.512. The van der Waals surface area contributed by atoms with E-state index in [9.17, 15) is 18.0 Å². The second-order valence-corrected chi connectivity index (χ2v) is 17.7. The monoisotopic (exact) mass is 768 g/mol. The number of carbonyl (C=O) groups excluding carboxylic acids is 2. The summed E-state index contributed by atoms with van der Waals surface area (Å²) in [6.07, 6.45) is 9.15. The molecular weight excluding hydrogens is 716 g/mol. The van der Waals surface area contributed by atoms with Crippen LogP contribution in [0.5, 0.6) is 5.75 Å². The lowest BCUT2D eigenvalue weighted by Gasteiger charge is -2.49. The van der Waals surface area contributed by atoms with Gasteiger partial charge in [-0.15, -0.1) is 13.2 Å². The molecule has 12 heteroatoms. The number of halogens is 1. The lowest BCUT2D eigenvalue weighted by atomic mass is 9.64. The molecule has 1 N–H and O–H groups in total. The van der Waals surface area contributed by atoms with Gasteiger partial charge < -0.3 is 23.8 Å². The summed E-state index contributed by atoms with van der Waals surface area (Å²) in [5.41, 5.74) is -1.04. The van der Waals surface area contributed by atoms with Crippen LogP contribution in [-0.2, 0) is 45.7 Å². The quantitative estimate of drug-likeness (QED) is 0.150. The first-order valence-corrected chi connectivity index (χ1v) is 20.0. The van der Waals surface area contributed by atoms with Crippen LogP contribution in [0.2, 0.25) is 5.02 Å².